The molecule has 1 atom stereocenters. The summed E-state index contributed by atoms with van der Waals surface area (Å²) in [7, 11) is -2.81. The highest BCUT2D eigenvalue weighted by Gasteiger charge is 2.47. The molecule has 3 aromatic rings. The van der Waals surface area contributed by atoms with E-state index >= 15 is 0 Å². The molecule has 0 fully saturated rings. The van der Waals surface area contributed by atoms with Crippen LogP contribution in [0, 0.1) is 0 Å². The van der Waals surface area contributed by atoms with Crippen LogP contribution in [0.2, 0.25) is 0 Å². The van der Waals surface area contributed by atoms with Crippen molar-refractivity contribution in [1.82, 2.24) is 0 Å². The van der Waals surface area contributed by atoms with Crippen molar-refractivity contribution in [3.8, 4) is 0 Å². The zero-order chi connectivity index (χ0) is 15.7. The van der Waals surface area contributed by atoms with Crippen LogP contribution < -0.4 is 10.6 Å². The second kappa shape index (κ2) is 5.64. The molecule has 4 rings (SSSR count). The van der Waals surface area contributed by atoms with Crippen LogP contribution in [0.3, 0.4) is 0 Å². The molecule has 0 bridgehead atoms. The van der Waals surface area contributed by atoms with Gasteiger partial charge in [0.2, 0.25) is 0 Å². The quantitative estimate of drug-likeness (QED) is 0.673. The van der Waals surface area contributed by atoms with Gasteiger partial charge in [-0.15, -0.1) is 0 Å². The molecule has 2 nitrogen and oxygen atoms in total. The molecule has 0 spiro atoms. The van der Waals surface area contributed by atoms with Crippen molar-refractivity contribution in [2.75, 3.05) is 0 Å². The largest absolute Gasteiger partial charge is 0.311 e. The van der Waals surface area contributed by atoms with Crippen molar-refractivity contribution in [2.24, 2.45) is 4.99 Å². The molecule has 0 aliphatic carbocycles. The Morgan fingerprint density at radius 3 is 1.57 bits per heavy atom. The van der Waals surface area contributed by atoms with Gasteiger partial charge >= 0.3 is 0 Å². The minimum atomic E-state index is -2.81. The number of nitrogens with zero attached hydrogens (tertiary/aromatic N) is 1. The monoisotopic (exact) mass is 317 g/mol. The van der Waals surface area contributed by atoms with Crippen LogP contribution in [0.5, 0.6) is 0 Å². The molecule has 1 aliphatic rings. The minimum Gasteiger partial charge on any atom is -0.311 e. The third kappa shape index (κ3) is 2.46. The zero-order valence-corrected chi connectivity index (χ0v) is 13.4. The fourth-order valence-corrected chi connectivity index (χ4v) is 5.78. The minimum absolute atomic E-state index is 0.241. The smallest absolute Gasteiger partial charge is 0.172 e. The summed E-state index contributed by atoms with van der Waals surface area (Å²) >= 11 is 0. The maximum absolute atomic E-state index is 14.0. The summed E-state index contributed by atoms with van der Waals surface area (Å²) in [6, 6.07) is 29.5. The van der Waals surface area contributed by atoms with Gasteiger partial charge in [-0.3, -0.25) is 4.99 Å². The molecule has 0 radical (unpaired) electrons. The molecule has 0 saturated heterocycles. The van der Waals surface area contributed by atoms with Gasteiger partial charge in [0, 0.05) is 10.6 Å². The SMILES string of the molecule is O=P(c1ccccc1)(c1ccccc1)C1N=C1c1ccccc1. The van der Waals surface area contributed by atoms with E-state index in [4.69, 9.17) is 0 Å². The van der Waals surface area contributed by atoms with Crippen LogP contribution in [0.1, 0.15) is 5.56 Å². The molecule has 1 heterocycles. The summed E-state index contributed by atoms with van der Waals surface area (Å²) in [5.74, 6) is -0.241. The Balaban J connectivity index is 1.79. The first kappa shape index (κ1) is 14.2. The fraction of sp³-hybridized carbons (Fsp3) is 0.0500. The van der Waals surface area contributed by atoms with Crippen molar-refractivity contribution in [3.05, 3.63) is 96.6 Å². The Kier molecular flexibility index (Phi) is 3.48. The summed E-state index contributed by atoms with van der Waals surface area (Å²) in [4.78, 5) is 4.60. The Bertz CT molecular complexity index is 845. The number of benzene rings is 3. The van der Waals surface area contributed by atoms with Crippen LogP contribution >= 0.6 is 7.14 Å². The summed E-state index contributed by atoms with van der Waals surface area (Å²) in [5.41, 5.74) is 2.01. The summed E-state index contributed by atoms with van der Waals surface area (Å²) < 4.78 is 14.0. The van der Waals surface area contributed by atoms with Crippen LogP contribution in [0.15, 0.2) is 96.0 Å². The lowest BCUT2D eigenvalue weighted by Gasteiger charge is -2.18. The first-order valence-corrected chi connectivity index (χ1v) is 9.42. The van der Waals surface area contributed by atoms with E-state index in [1.807, 2.05) is 91.0 Å². The third-order valence-electron chi connectivity index (χ3n) is 4.13. The van der Waals surface area contributed by atoms with Gasteiger partial charge in [0.25, 0.3) is 0 Å². The average Bonchev–Trinajstić information content (AvgIpc) is 3.45. The van der Waals surface area contributed by atoms with Gasteiger partial charge in [0.15, 0.2) is 12.9 Å². The average molecular weight is 317 g/mol. The molecular weight excluding hydrogens is 301 g/mol. The number of aliphatic imine (C=N–C) groups is 1. The molecule has 0 saturated carbocycles. The zero-order valence-electron chi connectivity index (χ0n) is 12.5. The van der Waals surface area contributed by atoms with Gasteiger partial charge < -0.3 is 4.57 Å². The fourth-order valence-electron chi connectivity index (χ4n) is 2.91. The summed E-state index contributed by atoms with van der Waals surface area (Å²) in [6.07, 6.45) is 0. The molecule has 0 amide bonds. The first-order valence-electron chi connectivity index (χ1n) is 7.64. The van der Waals surface area contributed by atoms with Gasteiger partial charge in [-0.25, -0.2) is 0 Å². The van der Waals surface area contributed by atoms with Gasteiger partial charge in [-0.2, -0.15) is 0 Å². The van der Waals surface area contributed by atoms with Gasteiger partial charge in [0.1, 0.15) is 0 Å². The highest BCUT2D eigenvalue weighted by Crippen LogP contribution is 2.55. The lowest BCUT2D eigenvalue weighted by Crippen LogP contribution is -2.22. The molecule has 0 aromatic heterocycles. The van der Waals surface area contributed by atoms with E-state index < -0.39 is 7.14 Å². The van der Waals surface area contributed by atoms with Crippen molar-refractivity contribution >= 4 is 23.5 Å². The molecule has 23 heavy (non-hydrogen) atoms. The third-order valence-corrected chi connectivity index (χ3v) is 7.31. The van der Waals surface area contributed by atoms with Gasteiger partial charge in [-0.05, 0) is 5.56 Å². The predicted octanol–water partition coefficient (Wildman–Crippen LogP) is 3.83. The van der Waals surface area contributed by atoms with E-state index in [1.54, 1.807) is 0 Å². The topological polar surface area (TPSA) is 29.4 Å². The first-order chi connectivity index (χ1) is 11.3. The lowest BCUT2D eigenvalue weighted by atomic mass is 10.2. The molecule has 1 unspecified atom stereocenters. The molecular formula is C20H16NOP. The highest BCUT2D eigenvalue weighted by molar-refractivity contribution is 7.80. The van der Waals surface area contributed by atoms with E-state index in [9.17, 15) is 4.57 Å². The number of hydrogen-bond acceptors (Lipinski definition) is 2. The standard InChI is InChI=1S/C20H16NOP/c22-23(17-12-6-2-7-13-17,18-14-8-3-9-15-18)20-19(21-20)16-10-4-1-5-11-16/h1-15,20H. The molecule has 1 aliphatic heterocycles. The van der Waals surface area contributed by atoms with Gasteiger partial charge in [-0.1, -0.05) is 91.0 Å². The Morgan fingerprint density at radius 1 is 0.652 bits per heavy atom. The van der Waals surface area contributed by atoms with Crippen LogP contribution in [-0.2, 0) is 4.57 Å². The van der Waals surface area contributed by atoms with Gasteiger partial charge in [0.05, 0.1) is 5.71 Å². The molecule has 0 N–H and O–H groups in total. The Hall–Kier alpha value is -2.44. The number of rotatable bonds is 4. The maximum Gasteiger partial charge on any atom is 0.172 e. The van der Waals surface area contributed by atoms with E-state index in [-0.39, 0.29) is 5.78 Å². The van der Waals surface area contributed by atoms with E-state index in [0.717, 1.165) is 21.9 Å². The normalized spacial score (nSPS) is 16.7. The van der Waals surface area contributed by atoms with Crippen LogP contribution in [-0.4, -0.2) is 11.5 Å². The van der Waals surface area contributed by atoms with Crippen molar-refractivity contribution in [1.29, 1.82) is 0 Å². The van der Waals surface area contributed by atoms with Crippen molar-refractivity contribution in [3.63, 3.8) is 0 Å². The maximum atomic E-state index is 14.0. The summed E-state index contributed by atoms with van der Waals surface area (Å²) in [5, 5.41) is 1.73. The van der Waals surface area contributed by atoms with E-state index in [0.29, 0.717) is 0 Å². The molecule has 3 aromatic carbocycles. The van der Waals surface area contributed by atoms with E-state index in [2.05, 4.69) is 4.99 Å². The predicted molar refractivity (Wildman–Crippen MR) is 96.5 cm³/mol. The van der Waals surface area contributed by atoms with Crippen molar-refractivity contribution in [2.45, 2.75) is 5.78 Å². The van der Waals surface area contributed by atoms with Crippen LogP contribution in [0.25, 0.3) is 0 Å². The van der Waals surface area contributed by atoms with Crippen LogP contribution in [0.4, 0.5) is 0 Å². The molecule has 3 heteroatoms. The lowest BCUT2D eigenvalue weighted by molar-refractivity contribution is 0.586. The van der Waals surface area contributed by atoms with Crippen molar-refractivity contribution < 1.29 is 4.57 Å². The van der Waals surface area contributed by atoms with E-state index in [1.165, 1.54) is 0 Å². The highest BCUT2D eigenvalue weighted by atomic mass is 31.2. The second-order valence-corrected chi connectivity index (χ2v) is 8.42. The Morgan fingerprint density at radius 2 is 1.09 bits per heavy atom. The summed E-state index contributed by atoms with van der Waals surface area (Å²) in [6.45, 7) is 0. The Labute approximate surface area is 135 Å². The molecule has 112 valence electrons. The second-order valence-electron chi connectivity index (χ2n) is 5.58. The number of hydrogen-bond donors (Lipinski definition) is 0.